The smallest absolute Gasteiger partial charge is 0.407 e. The van der Waals surface area contributed by atoms with Gasteiger partial charge in [-0.2, -0.15) is 0 Å². The molecule has 1 fully saturated rings. The molecule has 0 spiro atoms. The third-order valence-electron chi connectivity index (χ3n) is 4.12. The first-order chi connectivity index (χ1) is 11.1. The molecule has 0 aromatic heterocycles. The molecule has 1 rings (SSSR count). The topological polar surface area (TPSA) is 77.8 Å². The van der Waals surface area contributed by atoms with E-state index in [2.05, 4.69) is 6.92 Å². The SMILES string of the molecule is CCCCCCCCCCCC(=O)O.O=C(O)N1CCCCC1. The number of hydrogen-bond donors (Lipinski definition) is 2. The fourth-order valence-electron chi connectivity index (χ4n) is 2.67. The third kappa shape index (κ3) is 15.4. The van der Waals surface area contributed by atoms with E-state index in [0.29, 0.717) is 6.42 Å². The van der Waals surface area contributed by atoms with E-state index in [1.807, 2.05) is 0 Å². The lowest BCUT2D eigenvalue weighted by atomic mass is 10.1. The molecule has 1 amide bonds. The Morgan fingerprint density at radius 3 is 1.65 bits per heavy atom. The number of rotatable bonds is 10. The van der Waals surface area contributed by atoms with Gasteiger partial charge in [-0.15, -0.1) is 0 Å². The summed E-state index contributed by atoms with van der Waals surface area (Å²) in [7, 11) is 0. The third-order valence-corrected chi connectivity index (χ3v) is 4.12. The number of unbranched alkanes of at least 4 members (excludes halogenated alkanes) is 8. The molecular weight excluding hydrogens is 294 g/mol. The molecule has 0 aliphatic carbocycles. The minimum Gasteiger partial charge on any atom is -0.481 e. The molecule has 0 bridgehead atoms. The summed E-state index contributed by atoms with van der Waals surface area (Å²) < 4.78 is 0. The van der Waals surface area contributed by atoms with Gasteiger partial charge in [0.05, 0.1) is 0 Å². The summed E-state index contributed by atoms with van der Waals surface area (Å²) in [5.41, 5.74) is 0. The van der Waals surface area contributed by atoms with Gasteiger partial charge in [0, 0.05) is 19.5 Å². The Balaban J connectivity index is 0.000000459. The van der Waals surface area contributed by atoms with Crippen LogP contribution in [0.1, 0.15) is 90.4 Å². The summed E-state index contributed by atoms with van der Waals surface area (Å²) in [4.78, 5) is 22.0. The summed E-state index contributed by atoms with van der Waals surface area (Å²) in [5.74, 6) is -0.659. The maximum Gasteiger partial charge on any atom is 0.407 e. The Kier molecular flexibility index (Phi) is 14.8. The van der Waals surface area contributed by atoms with Gasteiger partial charge in [-0.3, -0.25) is 4.79 Å². The first-order valence-electron chi connectivity index (χ1n) is 9.27. The second-order valence-corrected chi connectivity index (χ2v) is 6.30. The first-order valence-corrected chi connectivity index (χ1v) is 9.27. The number of likely N-dealkylation sites (tertiary alicyclic amines) is 1. The lowest BCUT2D eigenvalue weighted by molar-refractivity contribution is -0.137. The zero-order chi connectivity index (χ0) is 17.3. The normalized spacial score (nSPS) is 14.0. The van der Waals surface area contributed by atoms with E-state index in [9.17, 15) is 9.59 Å². The molecular formula is C18H35NO4. The lowest BCUT2D eigenvalue weighted by Crippen LogP contribution is -2.34. The van der Waals surface area contributed by atoms with Gasteiger partial charge in [-0.25, -0.2) is 4.79 Å². The number of piperidine rings is 1. The lowest BCUT2D eigenvalue weighted by Gasteiger charge is -2.22. The minimum absolute atomic E-state index is 0.343. The van der Waals surface area contributed by atoms with Gasteiger partial charge in [-0.1, -0.05) is 58.3 Å². The van der Waals surface area contributed by atoms with Crippen molar-refractivity contribution in [3.05, 3.63) is 0 Å². The Morgan fingerprint density at radius 1 is 0.783 bits per heavy atom. The highest BCUT2D eigenvalue weighted by atomic mass is 16.4. The molecule has 5 nitrogen and oxygen atoms in total. The molecule has 0 saturated carbocycles. The molecule has 2 N–H and O–H groups in total. The van der Waals surface area contributed by atoms with Crippen LogP contribution < -0.4 is 0 Å². The summed E-state index contributed by atoms with van der Waals surface area (Å²) in [6.07, 6.45) is 14.0. The van der Waals surface area contributed by atoms with E-state index < -0.39 is 12.1 Å². The monoisotopic (exact) mass is 329 g/mol. The van der Waals surface area contributed by atoms with Crippen LogP contribution in [0.15, 0.2) is 0 Å². The number of hydrogen-bond acceptors (Lipinski definition) is 2. The second kappa shape index (κ2) is 15.6. The van der Waals surface area contributed by atoms with E-state index in [-0.39, 0.29) is 0 Å². The van der Waals surface area contributed by atoms with Crippen molar-refractivity contribution < 1.29 is 19.8 Å². The maximum atomic E-state index is 10.3. The zero-order valence-electron chi connectivity index (χ0n) is 14.8. The Morgan fingerprint density at radius 2 is 1.26 bits per heavy atom. The zero-order valence-corrected chi connectivity index (χ0v) is 14.8. The van der Waals surface area contributed by atoms with Gasteiger partial charge in [0.25, 0.3) is 0 Å². The van der Waals surface area contributed by atoms with Crippen molar-refractivity contribution in [3.8, 4) is 0 Å². The van der Waals surface area contributed by atoms with E-state index in [1.54, 1.807) is 0 Å². The van der Waals surface area contributed by atoms with Crippen molar-refractivity contribution in [1.29, 1.82) is 0 Å². The van der Waals surface area contributed by atoms with Crippen LogP contribution in [0.2, 0.25) is 0 Å². The fraction of sp³-hybridized carbons (Fsp3) is 0.889. The molecule has 0 aromatic carbocycles. The number of amides is 1. The molecule has 1 aliphatic heterocycles. The van der Waals surface area contributed by atoms with E-state index in [4.69, 9.17) is 10.2 Å². The van der Waals surface area contributed by atoms with Crippen molar-refractivity contribution in [1.82, 2.24) is 4.90 Å². The van der Waals surface area contributed by atoms with Gasteiger partial charge < -0.3 is 15.1 Å². The van der Waals surface area contributed by atoms with Crippen LogP contribution in [0.4, 0.5) is 4.79 Å². The van der Waals surface area contributed by atoms with Crippen molar-refractivity contribution >= 4 is 12.1 Å². The molecule has 136 valence electrons. The van der Waals surface area contributed by atoms with E-state index >= 15 is 0 Å². The van der Waals surface area contributed by atoms with E-state index in [1.165, 1.54) is 56.3 Å². The standard InChI is InChI=1S/C12H24O2.C6H11NO2/c1-2-3-4-5-6-7-8-9-10-11-12(13)14;8-6(9)7-4-2-1-3-5-7/h2-11H2,1H3,(H,13,14);1-5H2,(H,8,9). The predicted octanol–water partition coefficient (Wildman–Crippen LogP) is 5.14. The fourth-order valence-corrected chi connectivity index (χ4v) is 2.67. The van der Waals surface area contributed by atoms with Gasteiger partial charge in [-0.05, 0) is 25.7 Å². The summed E-state index contributed by atoms with van der Waals surface area (Å²) in [5, 5.41) is 16.9. The number of carbonyl (C=O) groups is 2. The van der Waals surface area contributed by atoms with Crippen LogP contribution in [0.25, 0.3) is 0 Å². The molecule has 1 aliphatic rings. The Hall–Kier alpha value is -1.26. The van der Waals surface area contributed by atoms with E-state index in [0.717, 1.165) is 38.8 Å². The van der Waals surface area contributed by atoms with Crippen molar-refractivity contribution in [3.63, 3.8) is 0 Å². The van der Waals surface area contributed by atoms with Gasteiger partial charge in [0.1, 0.15) is 0 Å². The highest BCUT2D eigenvalue weighted by Crippen LogP contribution is 2.10. The first kappa shape index (κ1) is 21.7. The van der Waals surface area contributed by atoms with Gasteiger partial charge in [0.2, 0.25) is 0 Å². The summed E-state index contributed by atoms with van der Waals surface area (Å²) in [6, 6.07) is 0. The molecule has 5 heteroatoms. The number of aliphatic carboxylic acids is 1. The molecule has 0 atom stereocenters. The molecule has 1 saturated heterocycles. The molecule has 0 radical (unpaired) electrons. The highest BCUT2D eigenvalue weighted by molar-refractivity contribution is 5.66. The van der Waals surface area contributed by atoms with Crippen LogP contribution in [-0.4, -0.2) is 40.3 Å². The van der Waals surface area contributed by atoms with Crippen LogP contribution in [0.3, 0.4) is 0 Å². The van der Waals surface area contributed by atoms with Crippen LogP contribution in [-0.2, 0) is 4.79 Å². The molecule has 0 aromatic rings. The maximum absolute atomic E-state index is 10.3. The number of carboxylic acid groups (broad SMARTS) is 2. The average molecular weight is 329 g/mol. The minimum atomic E-state index is -0.769. The van der Waals surface area contributed by atoms with Crippen molar-refractivity contribution in [2.75, 3.05) is 13.1 Å². The second-order valence-electron chi connectivity index (χ2n) is 6.30. The Labute approximate surface area is 141 Å². The van der Waals surface area contributed by atoms with Gasteiger partial charge >= 0.3 is 12.1 Å². The van der Waals surface area contributed by atoms with Gasteiger partial charge in [0.15, 0.2) is 0 Å². The molecule has 23 heavy (non-hydrogen) atoms. The predicted molar refractivity (Wildman–Crippen MR) is 92.9 cm³/mol. The van der Waals surface area contributed by atoms with Crippen LogP contribution in [0.5, 0.6) is 0 Å². The number of carboxylic acids is 1. The average Bonchev–Trinajstić information content (AvgIpc) is 2.54. The molecule has 0 unspecified atom stereocenters. The van der Waals surface area contributed by atoms with Crippen molar-refractivity contribution in [2.24, 2.45) is 0 Å². The van der Waals surface area contributed by atoms with Crippen molar-refractivity contribution in [2.45, 2.75) is 90.4 Å². The quantitative estimate of drug-likeness (QED) is 0.544. The molecule has 1 heterocycles. The summed E-state index contributed by atoms with van der Waals surface area (Å²) in [6.45, 7) is 3.69. The largest absolute Gasteiger partial charge is 0.481 e. The number of nitrogens with zero attached hydrogens (tertiary/aromatic N) is 1. The Bertz CT molecular complexity index is 301. The highest BCUT2D eigenvalue weighted by Gasteiger charge is 2.13. The summed E-state index contributed by atoms with van der Waals surface area (Å²) >= 11 is 0. The van der Waals surface area contributed by atoms with Crippen LogP contribution in [0, 0.1) is 0 Å². The van der Waals surface area contributed by atoms with Crippen LogP contribution >= 0.6 is 0 Å².